The van der Waals surface area contributed by atoms with Crippen LogP contribution in [0.15, 0.2) is 30.4 Å². The predicted molar refractivity (Wildman–Crippen MR) is 92.3 cm³/mol. The molecule has 2 rings (SSSR count). The number of benzene rings is 1. The van der Waals surface area contributed by atoms with E-state index in [1.807, 2.05) is 6.08 Å². The first-order valence-electron chi connectivity index (χ1n) is 7.80. The average Bonchev–Trinajstić information content (AvgIpc) is 2.36. The molecule has 1 aromatic carbocycles. The molecule has 0 bridgehead atoms. The Labute approximate surface area is 129 Å². The van der Waals surface area contributed by atoms with Crippen LogP contribution in [0, 0.1) is 5.41 Å². The second-order valence-electron chi connectivity index (χ2n) is 7.79. The molecule has 1 aliphatic carbocycles. The van der Waals surface area contributed by atoms with E-state index in [1.165, 1.54) is 22.3 Å². The molecule has 0 atom stereocenters. The van der Waals surface area contributed by atoms with Crippen molar-refractivity contribution < 1.29 is 5.11 Å². The molecule has 0 aliphatic heterocycles. The van der Waals surface area contributed by atoms with Crippen LogP contribution < -0.4 is 0 Å². The molecule has 1 aliphatic rings. The van der Waals surface area contributed by atoms with Crippen molar-refractivity contribution in [3.63, 3.8) is 0 Å². The summed E-state index contributed by atoms with van der Waals surface area (Å²) in [5, 5.41) is 9.11. The number of fused-ring (bicyclic) bond motifs is 1. The molecule has 0 aromatic heterocycles. The molecule has 0 spiro atoms. The van der Waals surface area contributed by atoms with Gasteiger partial charge >= 0.3 is 0 Å². The van der Waals surface area contributed by atoms with Crippen LogP contribution in [-0.2, 0) is 5.41 Å². The average molecular weight is 284 g/mol. The Balaban J connectivity index is 2.62. The van der Waals surface area contributed by atoms with Gasteiger partial charge in [-0.25, -0.2) is 0 Å². The predicted octanol–water partition coefficient (Wildman–Crippen LogP) is 5.19. The zero-order chi connectivity index (χ0) is 15.8. The van der Waals surface area contributed by atoms with Gasteiger partial charge in [-0.05, 0) is 58.1 Å². The highest BCUT2D eigenvalue weighted by Gasteiger charge is 2.32. The van der Waals surface area contributed by atoms with E-state index in [2.05, 4.69) is 65.8 Å². The van der Waals surface area contributed by atoms with Crippen molar-refractivity contribution in [2.75, 3.05) is 6.61 Å². The Morgan fingerprint density at radius 3 is 2.52 bits per heavy atom. The lowest BCUT2D eigenvalue weighted by Gasteiger charge is -2.37. The Bertz CT molecular complexity index is 595. The van der Waals surface area contributed by atoms with Gasteiger partial charge in [0.2, 0.25) is 0 Å². The minimum absolute atomic E-state index is 0.0936. The fourth-order valence-electron chi connectivity index (χ4n) is 3.14. The fraction of sp³-hybridized carbons (Fsp3) is 0.500. The van der Waals surface area contributed by atoms with Gasteiger partial charge in [-0.3, -0.25) is 0 Å². The van der Waals surface area contributed by atoms with Crippen LogP contribution in [-0.4, -0.2) is 11.7 Å². The molecule has 1 N–H and O–H groups in total. The molecule has 0 saturated heterocycles. The number of hydrogen-bond donors (Lipinski definition) is 1. The highest BCUT2D eigenvalue weighted by molar-refractivity contribution is 5.78. The summed E-state index contributed by atoms with van der Waals surface area (Å²) < 4.78 is 0. The van der Waals surface area contributed by atoms with Crippen LogP contribution in [0.1, 0.15) is 64.7 Å². The Morgan fingerprint density at radius 2 is 1.95 bits per heavy atom. The van der Waals surface area contributed by atoms with Crippen LogP contribution in [0.3, 0.4) is 0 Å². The Morgan fingerprint density at radius 1 is 1.29 bits per heavy atom. The monoisotopic (exact) mass is 284 g/mol. The maximum absolute atomic E-state index is 9.11. The van der Waals surface area contributed by atoms with E-state index in [0.717, 1.165) is 12.0 Å². The van der Waals surface area contributed by atoms with E-state index in [-0.39, 0.29) is 17.4 Å². The number of allylic oxidation sites excluding steroid dienone is 3. The maximum Gasteiger partial charge on any atom is 0.0618 e. The summed E-state index contributed by atoms with van der Waals surface area (Å²) in [6.45, 7) is 13.6. The first kappa shape index (κ1) is 16.0. The molecular weight excluding hydrogens is 256 g/mol. The summed E-state index contributed by atoms with van der Waals surface area (Å²) >= 11 is 0. The summed E-state index contributed by atoms with van der Waals surface area (Å²) in [4.78, 5) is 0. The standard InChI is InChI=1S/C20H28O/c1-14(10-12-21)15-7-8-18-16(13-15)17(19(2,3)4)9-11-20(18,5)6/h7-10,13,21H,11-12H2,1-6H3/b14-10+. The Hall–Kier alpha value is -1.34. The van der Waals surface area contributed by atoms with E-state index in [1.54, 1.807) is 0 Å². The van der Waals surface area contributed by atoms with Gasteiger partial charge in [0.05, 0.1) is 6.61 Å². The maximum atomic E-state index is 9.11. The number of aliphatic hydroxyl groups is 1. The lowest BCUT2D eigenvalue weighted by atomic mass is 9.68. The molecule has 0 heterocycles. The van der Waals surface area contributed by atoms with Crippen molar-refractivity contribution in [3.8, 4) is 0 Å². The van der Waals surface area contributed by atoms with Crippen molar-refractivity contribution >= 4 is 11.1 Å². The highest BCUT2D eigenvalue weighted by atomic mass is 16.2. The van der Waals surface area contributed by atoms with Crippen LogP contribution in [0.2, 0.25) is 0 Å². The summed E-state index contributed by atoms with van der Waals surface area (Å²) in [5.41, 5.74) is 6.94. The molecule has 114 valence electrons. The second-order valence-corrected chi connectivity index (χ2v) is 7.79. The van der Waals surface area contributed by atoms with E-state index >= 15 is 0 Å². The van der Waals surface area contributed by atoms with E-state index in [0.29, 0.717) is 0 Å². The van der Waals surface area contributed by atoms with Crippen molar-refractivity contribution in [2.45, 2.75) is 53.4 Å². The molecule has 21 heavy (non-hydrogen) atoms. The van der Waals surface area contributed by atoms with Gasteiger partial charge in [-0.1, -0.05) is 58.9 Å². The molecule has 1 nitrogen and oxygen atoms in total. The smallest absolute Gasteiger partial charge is 0.0618 e. The van der Waals surface area contributed by atoms with Gasteiger partial charge in [0.15, 0.2) is 0 Å². The molecule has 0 radical (unpaired) electrons. The molecule has 0 saturated carbocycles. The van der Waals surface area contributed by atoms with Gasteiger partial charge in [-0.2, -0.15) is 0 Å². The minimum atomic E-state index is 0.0936. The first-order chi connectivity index (χ1) is 9.66. The summed E-state index contributed by atoms with van der Waals surface area (Å²) in [5.74, 6) is 0. The quantitative estimate of drug-likeness (QED) is 0.792. The summed E-state index contributed by atoms with van der Waals surface area (Å²) in [6, 6.07) is 6.76. The largest absolute Gasteiger partial charge is 0.392 e. The molecule has 0 amide bonds. The van der Waals surface area contributed by atoms with Gasteiger partial charge in [0.25, 0.3) is 0 Å². The Kier molecular flexibility index (Phi) is 4.17. The van der Waals surface area contributed by atoms with Gasteiger partial charge in [-0.15, -0.1) is 0 Å². The zero-order valence-corrected chi connectivity index (χ0v) is 14.2. The SMILES string of the molecule is C/C(=C\CO)c1ccc2c(c1)C(C(C)(C)C)=CCC2(C)C. The highest BCUT2D eigenvalue weighted by Crippen LogP contribution is 2.46. The summed E-state index contributed by atoms with van der Waals surface area (Å²) in [7, 11) is 0. The molecule has 0 unspecified atom stereocenters. The number of rotatable bonds is 2. The minimum Gasteiger partial charge on any atom is -0.392 e. The summed E-state index contributed by atoms with van der Waals surface area (Å²) in [6.07, 6.45) is 5.38. The van der Waals surface area contributed by atoms with Crippen molar-refractivity contribution in [1.29, 1.82) is 0 Å². The van der Waals surface area contributed by atoms with E-state index in [4.69, 9.17) is 5.11 Å². The topological polar surface area (TPSA) is 20.2 Å². The molecule has 1 heteroatoms. The molecular formula is C20H28O. The lowest BCUT2D eigenvalue weighted by molar-refractivity contribution is 0.343. The van der Waals surface area contributed by atoms with E-state index < -0.39 is 0 Å². The lowest BCUT2D eigenvalue weighted by Crippen LogP contribution is -2.25. The van der Waals surface area contributed by atoms with Gasteiger partial charge in [0.1, 0.15) is 0 Å². The normalized spacial score (nSPS) is 18.2. The molecule has 1 aromatic rings. The third-order valence-electron chi connectivity index (χ3n) is 4.52. The second kappa shape index (κ2) is 5.46. The third kappa shape index (κ3) is 3.13. The van der Waals surface area contributed by atoms with Gasteiger partial charge < -0.3 is 5.11 Å². The van der Waals surface area contributed by atoms with E-state index in [9.17, 15) is 0 Å². The number of aliphatic hydroxyl groups excluding tert-OH is 1. The van der Waals surface area contributed by atoms with Crippen molar-refractivity contribution in [1.82, 2.24) is 0 Å². The van der Waals surface area contributed by atoms with Crippen molar-refractivity contribution in [3.05, 3.63) is 47.0 Å². The van der Waals surface area contributed by atoms with Crippen LogP contribution in [0.4, 0.5) is 0 Å². The number of hydrogen-bond acceptors (Lipinski definition) is 1. The van der Waals surface area contributed by atoms with Crippen molar-refractivity contribution in [2.24, 2.45) is 5.41 Å². The molecule has 0 fully saturated rings. The van der Waals surface area contributed by atoms with Gasteiger partial charge in [0, 0.05) is 0 Å². The first-order valence-corrected chi connectivity index (χ1v) is 7.80. The van der Waals surface area contributed by atoms with Crippen LogP contribution in [0.25, 0.3) is 11.1 Å². The fourth-order valence-corrected chi connectivity index (χ4v) is 3.14. The van der Waals surface area contributed by atoms with Crippen LogP contribution >= 0.6 is 0 Å². The van der Waals surface area contributed by atoms with Crippen LogP contribution in [0.5, 0.6) is 0 Å². The zero-order valence-electron chi connectivity index (χ0n) is 14.2. The third-order valence-corrected chi connectivity index (χ3v) is 4.52.